The predicted molar refractivity (Wildman–Crippen MR) is 67.3 cm³/mol. The van der Waals surface area contributed by atoms with Crippen molar-refractivity contribution in [2.75, 3.05) is 20.2 Å². The van der Waals surface area contributed by atoms with Crippen LogP contribution in [0.25, 0.3) is 0 Å². The number of rotatable bonds is 2. The molecule has 0 bridgehead atoms. The second-order valence-electron chi connectivity index (χ2n) is 4.69. The third-order valence-electron chi connectivity index (χ3n) is 3.67. The minimum absolute atomic E-state index is 0.703. The number of hydrogen-bond acceptors (Lipinski definition) is 2. The maximum atomic E-state index is 5.44. The van der Waals surface area contributed by atoms with Crippen LogP contribution in [-0.2, 0) is 0 Å². The van der Waals surface area contributed by atoms with E-state index in [4.69, 9.17) is 4.74 Å². The van der Waals surface area contributed by atoms with E-state index in [-0.39, 0.29) is 0 Å². The molecule has 0 saturated carbocycles. The smallest absolute Gasteiger partial charge is 0.122 e. The van der Waals surface area contributed by atoms with Crippen molar-refractivity contribution in [3.8, 4) is 5.75 Å². The molecule has 2 heteroatoms. The summed E-state index contributed by atoms with van der Waals surface area (Å²) >= 11 is 0. The molecule has 0 amide bonds. The first-order chi connectivity index (χ1) is 7.72. The van der Waals surface area contributed by atoms with Gasteiger partial charge in [-0.3, -0.25) is 0 Å². The van der Waals surface area contributed by atoms with Gasteiger partial charge in [0, 0.05) is 0 Å². The summed E-state index contributed by atoms with van der Waals surface area (Å²) in [4.78, 5) is 0. The Morgan fingerprint density at radius 1 is 1.19 bits per heavy atom. The fourth-order valence-electron chi connectivity index (χ4n) is 2.46. The summed E-state index contributed by atoms with van der Waals surface area (Å²) in [5.74, 6) is 1.74. The lowest BCUT2D eigenvalue weighted by Gasteiger charge is -2.24. The molecule has 0 unspecified atom stereocenters. The van der Waals surface area contributed by atoms with Crippen molar-refractivity contribution in [3.63, 3.8) is 0 Å². The lowest BCUT2D eigenvalue weighted by atomic mass is 9.88. The number of hydrogen-bond donors (Lipinski definition) is 1. The Morgan fingerprint density at radius 2 is 1.88 bits per heavy atom. The summed E-state index contributed by atoms with van der Waals surface area (Å²) < 4.78 is 5.44. The number of piperidine rings is 1. The summed E-state index contributed by atoms with van der Waals surface area (Å²) in [6.07, 6.45) is 2.48. The Hall–Kier alpha value is -1.02. The van der Waals surface area contributed by atoms with Crippen LogP contribution in [0.2, 0.25) is 0 Å². The molecule has 0 aromatic heterocycles. The van der Waals surface area contributed by atoms with Crippen LogP contribution >= 0.6 is 0 Å². The highest BCUT2D eigenvalue weighted by atomic mass is 16.5. The highest BCUT2D eigenvalue weighted by Crippen LogP contribution is 2.31. The van der Waals surface area contributed by atoms with Crippen molar-refractivity contribution < 1.29 is 4.74 Å². The predicted octanol–water partition coefficient (Wildman–Crippen LogP) is 2.78. The zero-order valence-corrected chi connectivity index (χ0v) is 10.5. The average molecular weight is 219 g/mol. The summed E-state index contributed by atoms with van der Waals surface area (Å²) in [5.41, 5.74) is 4.05. The third kappa shape index (κ3) is 2.22. The van der Waals surface area contributed by atoms with Gasteiger partial charge in [0.05, 0.1) is 7.11 Å². The van der Waals surface area contributed by atoms with Gasteiger partial charge in [-0.2, -0.15) is 0 Å². The molecule has 2 nitrogen and oxygen atoms in total. The van der Waals surface area contributed by atoms with Crippen molar-refractivity contribution in [2.45, 2.75) is 32.6 Å². The van der Waals surface area contributed by atoms with Gasteiger partial charge in [0.25, 0.3) is 0 Å². The minimum Gasteiger partial charge on any atom is -0.496 e. The van der Waals surface area contributed by atoms with Crippen molar-refractivity contribution in [1.82, 2.24) is 5.32 Å². The molecule has 1 heterocycles. The Morgan fingerprint density at radius 3 is 2.50 bits per heavy atom. The van der Waals surface area contributed by atoms with Crippen LogP contribution < -0.4 is 10.1 Å². The van der Waals surface area contributed by atoms with Crippen molar-refractivity contribution in [3.05, 3.63) is 28.8 Å². The van der Waals surface area contributed by atoms with Crippen LogP contribution in [0, 0.1) is 13.8 Å². The molecule has 1 aliphatic rings. The first kappa shape index (κ1) is 11.5. The van der Waals surface area contributed by atoms with E-state index < -0.39 is 0 Å². The Kier molecular flexibility index (Phi) is 3.49. The molecule has 1 aliphatic heterocycles. The number of ether oxygens (including phenoxy) is 1. The highest BCUT2D eigenvalue weighted by Gasteiger charge is 2.17. The molecule has 1 aromatic rings. The first-order valence-corrected chi connectivity index (χ1v) is 6.08. The summed E-state index contributed by atoms with van der Waals surface area (Å²) in [6.45, 7) is 6.57. The minimum atomic E-state index is 0.703. The van der Waals surface area contributed by atoms with Crippen molar-refractivity contribution in [2.24, 2.45) is 0 Å². The fraction of sp³-hybridized carbons (Fsp3) is 0.571. The van der Waals surface area contributed by atoms with Gasteiger partial charge in [0.15, 0.2) is 0 Å². The second kappa shape index (κ2) is 4.88. The molecule has 88 valence electrons. The molecule has 0 radical (unpaired) electrons. The van der Waals surface area contributed by atoms with Gasteiger partial charge in [0.1, 0.15) is 5.75 Å². The maximum Gasteiger partial charge on any atom is 0.122 e. The van der Waals surface area contributed by atoms with E-state index in [9.17, 15) is 0 Å². The Labute approximate surface area is 98.0 Å². The normalized spacial score (nSPS) is 17.4. The first-order valence-electron chi connectivity index (χ1n) is 6.08. The largest absolute Gasteiger partial charge is 0.496 e. The number of methoxy groups -OCH3 is 1. The molecule has 0 aliphatic carbocycles. The lowest BCUT2D eigenvalue weighted by Crippen LogP contribution is -2.26. The zero-order valence-electron chi connectivity index (χ0n) is 10.5. The molecule has 1 fully saturated rings. The van der Waals surface area contributed by atoms with Crippen LogP contribution in [0.4, 0.5) is 0 Å². The average Bonchev–Trinajstić information content (AvgIpc) is 2.33. The molecule has 0 atom stereocenters. The SMILES string of the molecule is COc1cc(C2CCNCC2)cc(C)c1C. The maximum absolute atomic E-state index is 5.44. The van der Waals surface area contributed by atoms with Gasteiger partial charge >= 0.3 is 0 Å². The van der Waals surface area contributed by atoms with Crippen LogP contribution in [0.3, 0.4) is 0 Å². The second-order valence-corrected chi connectivity index (χ2v) is 4.69. The summed E-state index contributed by atoms with van der Waals surface area (Å²) in [7, 11) is 1.76. The monoisotopic (exact) mass is 219 g/mol. The third-order valence-corrected chi connectivity index (χ3v) is 3.67. The molecule has 2 rings (SSSR count). The van der Waals surface area contributed by atoms with E-state index >= 15 is 0 Å². The van der Waals surface area contributed by atoms with Gasteiger partial charge in [-0.05, 0) is 68.5 Å². The molecule has 1 saturated heterocycles. The van der Waals surface area contributed by atoms with Crippen LogP contribution in [-0.4, -0.2) is 20.2 Å². The van der Waals surface area contributed by atoms with Crippen molar-refractivity contribution in [1.29, 1.82) is 0 Å². The van der Waals surface area contributed by atoms with Crippen LogP contribution in [0.5, 0.6) is 5.75 Å². The number of nitrogens with one attached hydrogen (secondary N) is 1. The fourth-order valence-corrected chi connectivity index (χ4v) is 2.46. The van der Waals surface area contributed by atoms with Crippen molar-refractivity contribution >= 4 is 0 Å². The molecule has 1 aromatic carbocycles. The molecular formula is C14H21NO. The number of benzene rings is 1. The summed E-state index contributed by atoms with van der Waals surface area (Å²) in [6, 6.07) is 4.55. The van der Waals surface area contributed by atoms with Crippen LogP contribution in [0.1, 0.15) is 35.4 Å². The van der Waals surface area contributed by atoms with E-state index in [1.54, 1.807) is 7.11 Å². The topological polar surface area (TPSA) is 21.3 Å². The Balaban J connectivity index is 2.29. The Bertz CT molecular complexity index is 367. The van der Waals surface area contributed by atoms with E-state index in [2.05, 4.69) is 31.3 Å². The van der Waals surface area contributed by atoms with Crippen LogP contribution in [0.15, 0.2) is 12.1 Å². The summed E-state index contributed by atoms with van der Waals surface area (Å²) in [5, 5.41) is 3.41. The standard InChI is InChI=1S/C14H21NO/c1-10-8-13(9-14(16-3)11(10)2)12-4-6-15-7-5-12/h8-9,12,15H,4-7H2,1-3H3. The zero-order chi connectivity index (χ0) is 11.5. The van der Waals surface area contributed by atoms with Gasteiger partial charge < -0.3 is 10.1 Å². The van der Waals surface area contributed by atoms with Gasteiger partial charge in [-0.1, -0.05) is 6.07 Å². The molecule has 1 N–H and O–H groups in total. The highest BCUT2D eigenvalue weighted by molar-refractivity contribution is 5.43. The van der Waals surface area contributed by atoms with Gasteiger partial charge in [0.2, 0.25) is 0 Å². The van der Waals surface area contributed by atoms with E-state index in [1.807, 2.05) is 0 Å². The van der Waals surface area contributed by atoms with Gasteiger partial charge in [-0.25, -0.2) is 0 Å². The quantitative estimate of drug-likeness (QED) is 0.826. The lowest BCUT2D eigenvalue weighted by molar-refractivity contribution is 0.407. The van der Waals surface area contributed by atoms with E-state index in [1.165, 1.54) is 29.5 Å². The van der Waals surface area contributed by atoms with E-state index in [0.29, 0.717) is 5.92 Å². The number of aryl methyl sites for hydroxylation is 1. The molecular weight excluding hydrogens is 198 g/mol. The molecule has 0 spiro atoms. The van der Waals surface area contributed by atoms with E-state index in [0.717, 1.165) is 18.8 Å². The van der Waals surface area contributed by atoms with Gasteiger partial charge in [-0.15, -0.1) is 0 Å². The molecule has 16 heavy (non-hydrogen) atoms.